The molecule has 0 fully saturated rings. The van der Waals surface area contributed by atoms with E-state index in [1.807, 2.05) is 0 Å². The molecule has 0 radical (unpaired) electrons. The van der Waals surface area contributed by atoms with Crippen molar-refractivity contribution in [3.05, 3.63) is 0 Å². The molecule has 0 amide bonds. The second-order valence-electron chi connectivity index (χ2n) is 2.75. The molecule has 0 aliphatic carbocycles. The van der Waals surface area contributed by atoms with Gasteiger partial charge in [0.2, 0.25) is 0 Å². The number of methoxy groups -OCH3 is 1. The summed E-state index contributed by atoms with van der Waals surface area (Å²) in [7, 11) is 1.70. The summed E-state index contributed by atoms with van der Waals surface area (Å²) in [6, 6.07) is 0. The largest absolute Gasteiger partial charge is 0.385 e. The van der Waals surface area contributed by atoms with E-state index in [0.717, 1.165) is 51.6 Å². The monoisotopic (exact) mass is 209 g/mol. The second-order valence-corrected chi connectivity index (χ2v) is 3.13. The van der Waals surface area contributed by atoms with Gasteiger partial charge >= 0.3 is 0 Å². The minimum Gasteiger partial charge on any atom is -0.385 e. The van der Waals surface area contributed by atoms with Crippen molar-refractivity contribution in [1.29, 1.82) is 0 Å². The van der Waals surface area contributed by atoms with Crippen LogP contribution in [0.15, 0.2) is 0 Å². The molecular formula is C9H20ClNO2. The van der Waals surface area contributed by atoms with E-state index in [0.29, 0.717) is 0 Å². The Labute approximate surface area is 85.7 Å². The summed E-state index contributed by atoms with van der Waals surface area (Å²) in [6.07, 6.45) is 1.99. The first-order valence-corrected chi connectivity index (χ1v) is 5.28. The molecule has 0 bridgehead atoms. The molecular weight excluding hydrogens is 190 g/mol. The third-order valence-electron chi connectivity index (χ3n) is 1.55. The predicted octanol–water partition coefficient (Wildman–Crippen LogP) is 1.26. The van der Waals surface area contributed by atoms with E-state index in [9.17, 15) is 0 Å². The Hall–Kier alpha value is 0.170. The Morgan fingerprint density at radius 3 is 2.62 bits per heavy atom. The maximum absolute atomic E-state index is 5.51. The molecule has 0 heterocycles. The van der Waals surface area contributed by atoms with Crippen LogP contribution < -0.4 is 5.32 Å². The minimum absolute atomic E-state index is 0.724. The number of hydrogen-bond acceptors (Lipinski definition) is 3. The summed E-state index contributed by atoms with van der Waals surface area (Å²) < 4.78 is 10.2. The van der Waals surface area contributed by atoms with Gasteiger partial charge in [-0.1, -0.05) is 0 Å². The lowest BCUT2D eigenvalue weighted by Gasteiger charge is -2.04. The molecule has 0 saturated heterocycles. The number of rotatable bonds is 10. The van der Waals surface area contributed by atoms with E-state index in [-0.39, 0.29) is 0 Å². The highest BCUT2D eigenvalue weighted by atomic mass is 35.5. The van der Waals surface area contributed by atoms with Crippen molar-refractivity contribution in [2.45, 2.75) is 12.8 Å². The highest BCUT2D eigenvalue weighted by Crippen LogP contribution is 1.83. The number of halogens is 1. The molecule has 0 aliphatic heterocycles. The number of alkyl halides is 1. The highest BCUT2D eigenvalue weighted by molar-refractivity contribution is 6.17. The molecule has 0 saturated carbocycles. The Kier molecular flexibility index (Phi) is 12.3. The molecule has 13 heavy (non-hydrogen) atoms. The summed E-state index contributed by atoms with van der Waals surface area (Å²) in [4.78, 5) is 0. The van der Waals surface area contributed by atoms with Crippen LogP contribution in [0.2, 0.25) is 0 Å². The highest BCUT2D eigenvalue weighted by Gasteiger charge is 1.89. The van der Waals surface area contributed by atoms with Crippen molar-refractivity contribution in [3.63, 3.8) is 0 Å². The van der Waals surface area contributed by atoms with Crippen LogP contribution in [0.25, 0.3) is 0 Å². The molecule has 0 spiro atoms. The van der Waals surface area contributed by atoms with Gasteiger partial charge in [-0.3, -0.25) is 0 Å². The molecule has 1 N–H and O–H groups in total. The molecule has 80 valence electrons. The summed E-state index contributed by atoms with van der Waals surface area (Å²) in [5.74, 6) is 0.724. The minimum atomic E-state index is 0.724. The van der Waals surface area contributed by atoms with E-state index in [1.54, 1.807) is 7.11 Å². The van der Waals surface area contributed by atoms with E-state index in [2.05, 4.69) is 5.32 Å². The summed E-state index contributed by atoms with van der Waals surface area (Å²) in [6.45, 7) is 4.21. The summed E-state index contributed by atoms with van der Waals surface area (Å²) in [5, 5.41) is 3.24. The molecule has 0 aliphatic rings. The number of ether oxygens (including phenoxy) is 2. The van der Waals surface area contributed by atoms with Gasteiger partial charge in [0.05, 0.1) is 6.61 Å². The molecule has 0 atom stereocenters. The van der Waals surface area contributed by atoms with Gasteiger partial charge in [-0.25, -0.2) is 0 Å². The molecule has 0 aromatic heterocycles. The summed E-state index contributed by atoms with van der Waals surface area (Å²) >= 11 is 5.51. The van der Waals surface area contributed by atoms with Gasteiger partial charge in [0.15, 0.2) is 0 Å². The average Bonchev–Trinajstić information content (AvgIpc) is 2.16. The molecule has 0 aromatic rings. The SMILES string of the molecule is COCCCOCCNCCCCl. The van der Waals surface area contributed by atoms with Crippen LogP contribution in [0.1, 0.15) is 12.8 Å². The predicted molar refractivity (Wildman–Crippen MR) is 55.5 cm³/mol. The van der Waals surface area contributed by atoms with E-state index in [4.69, 9.17) is 21.1 Å². The molecule has 0 aromatic carbocycles. The lowest BCUT2D eigenvalue weighted by Crippen LogP contribution is -2.21. The van der Waals surface area contributed by atoms with Crippen LogP contribution in [0.4, 0.5) is 0 Å². The van der Waals surface area contributed by atoms with Crippen LogP contribution in [-0.2, 0) is 9.47 Å². The zero-order valence-corrected chi connectivity index (χ0v) is 9.11. The first-order valence-electron chi connectivity index (χ1n) is 4.75. The Morgan fingerprint density at radius 2 is 1.92 bits per heavy atom. The second kappa shape index (κ2) is 12.2. The van der Waals surface area contributed by atoms with E-state index < -0.39 is 0 Å². The van der Waals surface area contributed by atoms with Gasteiger partial charge in [-0.15, -0.1) is 11.6 Å². The van der Waals surface area contributed by atoms with Crippen molar-refractivity contribution in [3.8, 4) is 0 Å². The average molecular weight is 210 g/mol. The molecule has 4 heteroatoms. The third-order valence-corrected chi connectivity index (χ3v) is 1.81. The van der Waals surface area contributed by atoms with Crippen molar-refractivity contribution in [2.24, 2.45) is 0 Å². The van der Waals surface area contributed by atoms with E-state index in [1.165, 1.54) is 0 Å². The van der Waals surface area contributed by atoms with E-state index >= 15 is 0 Å². The fourth-order valence-electron chi connectivity index (χ4n) is 0.869. The lowest BCUT2D eigenvalue weighted by atomic mass is 10.4. The molecule has 3 nitrogen and oxygen atoms in total. The fourth-order valence-corrected chi connectivity index (χ4v) is 1.00. The number of hydrogen-bond donors (Lipinski definition) is 1. The Balaban J connectivity index is 2.76. The van der Waals surface area contributed by atoms with Crippen LogP contribution >= 0.6 is 11.6 Å². The smallest absolute Gasteiger partial charge is 0.0590 e. The third kappa shape index (κ3) is 12.2. The van der Waals surface area contributed by atoms with Crippen LogP contribution in [-0.4, -0.2) is 45.9 Å². The van der Waals surface area contributed by atoms with Gasteiger partial charge in [0, 0.05) is 32.7 Å². The molecule has 0 unspecified atom stereocenters. The Morgan fingerprint density at radius 1 is 1.08 bits per heavy atom. The topological polar surface area (TPSA) is 30.5 Å². The van der Waals surface area contributed by atoms with Crippen LogP contribution in [0.3, 0.4) is 0 Å². The first-order chi connectivity index (χ1) is 6.41. The van der Waals surface area contributed by atoms with Crippen molar-refractivity contribution in [1.82, 2.24) is 5.32 Å². The maximum atomic E-state index is 5.51. The van der Waals surface area contributed by atoms with Gasteiger partial charge in [-0.05, 0) is 19.4 Å². The standard InChI is InChI=1S/C9H20ClNO2/c1-12-7-3-8-13-9-6-11-5-2-4-10/h11H,2-9H2,1H3. The van der Waals surface area contributed by atoms with Crippen molar-refractivity contribution >= 4 is 11.6 Å². The lowest BCUT2D eigenvalue weighted by molar-refractivity contribution is 0.104. The van der Waals surface area contributed by atoms with Crippen molar-refractivity contribution in [2.75, 3.05) is 45.9 Å². The first kappa shape index (κ1) is 13.2. The Bertz CT molecular complexity index is 83.7. The summed E-state index contributed by atoms with van der Waals surface area (Å²) in [5.41, 5.74) is 0. The maximum Gasteiger partial charge on any atom is 0.0590 e. The molecule has 0 rings (SSSR count). The zero-order chi connectivity index (χ0) is 9.78. The normalized spacial score (nSPS) is 10.6. The van der Waals surface area contributed by atoms with Crippen molar-refractivity contribution < 1.29 is 9.47 Å². The van der Waals surface area contributed by atoms with Gasteiger partial charge in [0.1, 0.15) is 0 Å². The van der Waals surface area contributed by atoms with Gasteiger partial charge in [-0.2, -0.15) is 0 Å². The quantitative estimate of drug-likeness (QED) is 0.434. The fraction of sp³-hybridized carbons (Fsp3) is 1.00. The van der Waals surface area contributed by atoms with Gasteiger partial charge < -0.3 is 14.8 Å². The van der Waals surface area contributed by atoms with Crippen LogP contribution in [0.5, 0.6) is 0 Å². The van der Waals surface area contributed by atoms with Crippen LogP contribution in [0, 0.1) is 0 Å². The number of nitrogens with one attached hydrogen (secondary N) is 1. The zero-order valence-electron chi connectivity index (χ0n) is 8.35. The van der Waals surface area contributed by atoms with Gasteiger partial charge in [0.25, 0.3) is 0 Å².